The molecule has 0 aliphatic carbocycles. The zero-order valence-corrected chi connectivity index (χ0v) is 8.26. The van der Waals surface area contributed by atoms with Crippen LogP contribution in [0.3, 0.4) is 0 Å². The van der Waals surface area contributed by atoms with E-state index in [0.717, 1.165) is 16.7 Å². The summed E-state index contributed by atoms with van der Waals surface area (Å²) in [6, 6.07) is 17.8. The van der Waals surface area contributed by atoms with Crippen molar-refractivity contribution in [3.63, 3.8) is 0 Å². The van der Waals surface area contributed by atoms with Crippen LogP contribution in [0.15, 0.2) is 59.8 Å². The molecule has 2 rings (SSSR count). The molecule has 0 spiro atoms. The Morgan fingerprint density at radius 2 is 1.53 bits per heavy atom. The van der Waals surface area contributed by atoms with E-state index >= 15 is 0 Å². The monoisotopic (exact) mass is 197 g/mol. The second kappa shape index (κ2) is 4.51. The predicted octanol–water partition coefficient (Wildman–Crippen LogP) is 3.62. The normalized spacial score (nSPS) is 9.87. The maximum atomic E-state index is 10.3. The Morgan fingerprint density at radius 1 is 0.867 bits per heavy atom. The highest BCUT2D eigenvalue weighted by atomic mass is 16.3. The molecule has 0 aromatic heterocycles. The third kappa shape index (κ3) is 2.10. The fraction of sp³-hybridized carbons (Fsp3) is 0.0769. The molecule has 0 amide bonds. The van der Waals surface area contributed by atoms with Crippen LogP contribution in [0, 0.1) is 4.91 Å². The Labute approximate surface area is 88.5 Å². The predicted molar refractivity (Wildman–Crippen MR) is 61.4 cm³/mol. The van der Waals surface area contributed by atoms with E-state index in [9.17, 15) is 4.91 Å². The minimum atomic E-state index is 0.227. The summed E-state index contributed by atoms with van der Waals surface area (Å²) < 4.78 is 0. The summed E-state index contributed by atoms with van der Waals surface area (Å²) in [5, 5.41) is 2.94. The van der Waals surface area contributed by atoms with E-state index < -0.39 is 0 Å². The van der Waals surface area contributed by atoms with Gasteiger partial charge in [0.1, 0.15) is 6.54 Å². The van der Waals surface area contributed by atoms with Crippen LogP contribution in [0.2, 0.25) is 0 Å². The quantitative estimate of drug-likeness (QED) is 0.691. The highest BCUT2D eigenvalue weighted by Gasteiger charge is 2.02. The molecule has 0 aliphatic heterocycles. The average Bonchev–Trinajstić information content (AvgIpc) is 2.31. The number of nitroso groups, excluding NO2 is 1. The average molecular weight is 197 g/mol. The van der Waals surface area contributed by atoms with Gasteiger partial charge in [-0.25, -0.2) is 0 Å². The van der Waals surface area contributed by atoms with Gasteiger partial charge in [0.25, 0.3) is 0 Å². The molecule has 0 N–H and O–H groups in total. The van der Waals surface area contributed by atoms with Crippen molar-refractivity contribution in [1.29, 1.82) is 0 Å². The van der Waals surface area contributed by atoms with Gasteiger partial charge in [-0.3, -0.25) is 0 Å². The fourth-order valence-electron chi connectivity index (χ4n) is 1.63. The second-order valence-electron chi connectivity index (χ2n) is 3.31. The lowest BCUT2D eigenvalue weighted by molar-refractivity contribution is 1.06. The van der Waals surface area contributed by atoms with E-state index in [1.807, 2.05) is 54.6 Å². The van der Waals surface area contributed by atoms with Crippen LogP contribution in [0.25, 0.3) is 11.1 Å². The summed E-state index contributed by atoms with van der Waals surface area (Å²) >= 11 is 0. The summed E-state index contributed by atoms with van der Waals surface area (Å²) in [6.07, 6.45) is 0. The third-order valence-corrected chi connectivity index (χ3v) is 2.34. The summed E-state index contributed by atoms with van der Waals surface area (Å²) in [5.41, 5.74) is 3.17. The van der Waals surface area contributed by atoms with Gasteiger partial charge < -0.3 is 0 Å². The largest absolute Gasteiger partial charge is 0.150 e. The van der Waals surface area contributed by atoms with E-state index in [2.05, 4.69) is 5.18 Å². The maximum Gasteiger partial charge on any atom is 0.107 e. The van der Waals surface area contributed by atoms with Gasteiger partial charge in [-0.15, -0.1) is 0 Å². The number of rotatable bonds is 3. The molecule has 2 nitrogen and oxygen atoms in total. The molecule has 0 bridgehead atoms. The van der Waals surface area contributed by atoms with Gasteiger partial charge >= 0.3 is 0 Å². The minimum Gasteiger partial charge on any atom is -0.150 e. The van der Waals surface area contributed by atoms with Crippen LogP contribution in [0.4, 0.5) is 0 Å². The SMILES string of the molecule is O=NCc1ccccc1-c1ccccc1. The maximum absolute atomic E-state index is 10.3. The van der Waals surface area contributed by atoms with Crippen molar-refractivity contribution in [2.24, 2.45) is 5.18 Å². The van der Waals surface area contributed by atoms with Gasteiger partial charge in [-0.05, 0) is 16.7 Å². The van der Waals surface area contributed by atoms with Crippen LogP contribution in [0.5, 0.6) is 0 Å². The van der Waals surface area contributed by atoms with Crippen LogP contribution in [-0.4, -0.2) is 0 Å². The second-order valence-corrected chi connectivity index (χ2v) is 3.31. The molecule has 0 saturated carbocycles. The minimum absolute atomic E-state index is 0.227. The first-order valence-electron chi connectivity index (χ1n) is 4.84. The van der Waals surface area contributed by atoms with E-state index in [4.69, 9.17) is 0 Å². The molecule has 0 radical (unpaired) electrons. The van der Waals surface area contributed by atoms with Crippen molar-refractivity contribution in [3.05, 3.63) is 65.1 Å². The van der Waals surface area contributed by atoms with E-state index in [-0.39, 0.29) is 6.54 Å². The highest BCUT2D eigenvalue weighted by Crippen LogP contribution is 2.23. The number of hydrogen-bond acceptors (Lipinski definition) is 2. The van der Waals surface area contributed by atoms with Crippen molar-refractivity contribution < 1.29 is 0 Å². The summed E-state index contributed by atoms with van der Waals surface area (Å²) in [4.78, 5) is 10.3. The number of hydrogen-bond donors (Lipinski definition) is 0. The Balaban J connectivity index is 2.48. The lowest BCUT2D eigenvalue weighted by Gasteiger charge is -2.05. The molecule has 0 aliphatic rings. The van der Waals surface area contributed by atoms with Crippen LogP contribution in [-0.2, 0) is 6.54 Å². The summed E-state index contributed by atoms with van der Waals surface area (Å²) in [6.45, 7) is 0.227. The lowest BCUT2D eigenvalue weighted by atomic mass is 10.00. The topological polar surface area (TPSA) is 29.4 Å². The Hall–Kier alpha value is -1.96. The molecule has 15 heavy (non-hydrogen) atoms. The molecule has 74 valence electrons. The Morgan fingerprint density at radius 3 is 2.27 bits per heavy atom. The summed E-state index contributed by atoms with van der Waals surface area (Å²) in [5.74, 6) is 0. The fourth-order valence-corrected chi connectivity index (χ4v) is 1.63. The van der Waals surface area contributed by atoms with E-state index in [0.29, 0.717) is 0 Å². The molecule has 0 fully saturated rings. The molecule has 0 atom stereocenters. The van der Waals surface area contributed by atoms with Gasteiger partial charge in [0.15, 0.2) is 0 Å². The molecular formula is C13H11NO. The molecule has 2 aromatic rings. The lowest BCUT2D eigenvalue weighted by Crippen LogP contribution is -1.86. The van der Waals surface area contributed by atoms with Gasteiger partial charge in [0.05, 0.1) is 0 Å². The number of nitrogens with zero attached hydrogens (tertiary/aromatic N) is 1. The van der Waals surface area contributed by atoms with Crippen molar-refractivity contribution in [3.8, 4) is 11.1 Å². The third-order valence-electron chi connectivity index (χ3n) is 2.34. The smallest absolute Gasteiger partial charge is 0.107 e. The molecule has 0 saturated heterocycles. The molecule has 2 heteroatoms. The van der Waals surface area contributed by atoms with Crippen molar-refractivity contribution >= 4 is 0 Å². The van der Waals surface area contributed by atoms with Crippen molar-refractivity contribution in [2.45, 2.75) is 6.54 Å². The molecule has 2 aromatic carbocycles. The van der Waals surface area contributed by atoms with Crippen LogP contribution < -0.4 is 0 Å². The molecule has 0 heterocycles. The van der Waals surface area contributed by atoms with Gasteiger partial charge in [0.2, 0.25) is 0 Å². The standard InChI is InChI=1S/C13H11NO/c15-14-10-12-8-4-5-9-13(12)11-6-2-1-3-7-11/h1-9H,10H2. The van der Waals surface area contributed by atoms with Crippen LogP contribution >= 0.6 is 0 Å². The van der Waals surface area contributed by atoms with E-state index in [1.165, 1.54) is 0 Å². The van der Waals surface area contributed by atoms with Crippen molar-refractivity contribution in [2.75, 3.05) is 0 Å². The zero-order valence-electron chi connectivity index (χ0n) is 8.26. The first-order chi connectivity index (χ1) is 7.42. The first kappa shape index (κ1) is 9.59. The van der Waals surface area contributed by atoms with Crippen LogP contribution in [0.1, 0.15) is 5.56 Å². The Bertz CT molecular complexity index is 451. The van der Waals surface area contributed by atoms with Crippen molar-refractivity contribution in [1.82, 2.24) is 0 Å². The Kier molecular flexibility index (Phi) is 2.88. The van der Waals surface area contributed by atoms with Gasteiger partial charge in [-0.2, -0.15) is 4.91 Å². The van der Waals surface area contributed by atoms with E-state index in [1.54, 1.807) is 0 Å². The summed E-state index contributed by atoms with van der Waals surface area (Å²) in [7, 11) is 0. The highest BCUT2D eigenvalue weighted by molar-refractivity contribution is 5.67. The molecular weight excluding hydrogens is 186 g/mol. The molecule has 0 unspecified atom stereocenters. The zero-order chi connectivity index (χ0) is 10.5. The first-order valence-corrected chi connectivity index (χ1v) is 4.84. The van der Waals surface area contributed by atoms with Gasteiger partial charge in [-0.1, -0.05) is 59.8 Å². The van der Waals surface area contributed by atoms with Gasteiger partial charge in [0, 0.05) is 0 Å². The number of benzene rings is 2.